The highest BCUT2D eigenvalue weighted by molar-refractivity contribution is 7.20. The van der Waals surface area contributed by atoms with Crippen LogP contribution < -0.4 is 33.0 Å². The van der Waals surface area contributed by atoms with Gasteiger partial charge in [0.2, 0.25) is 0 Å². The van der Waals surface area contributed by atoms with Crippen molar-refractivity contribution in [2.24, 2.45) is 5.73 Å². The van der Waals surface area contributed by atoms with Crippen LogP contribution in [0.3, 0.4) is 0 Å². The third-order valence-corrected chi connectivity index (χ3v) is 7.79. The van der Waals surface area contributed by atoms with E-state index in [0.717, 1.165) is 29.3 Å². The second-order valence-electron chi connectivity index (χ2n) is 8.59. The number of Topliss-reactive ketones (excluding diaryl/α,β-unsaturated/α-hetero) is 1. The van der Waals surface area contributed by atoms with Crippen LogP contribution in [-0.4, -0.2) is 66.8 Å². The molecule has 1 aliphatic heterocycles. The third-order valence-electron chi connectivity index (χ3n) is 7.09. The van der Waals surface area contributed by atoms with Crippen LogP contribution in [0.2, 0.25) is 10.4 Å². The van der Waals surface area contributed by atoms with E-state index in [0.29, 0.717) is 0 Å². The minimum Gasteiger partial charge on any atom is -0.316 e. The number of carbonyl (C=O) groups is 1. The lowest BCUT2D eigenvalue weighted by Crippen LogP contribution is -2.63. The van der Waals surface area contributed by atoms with Crippen LogP contribution in [-0.2, 0) is 10.3 Å². The minimum absolute atomic E-state index is 0.147. The molecule has 1 fully saturated rings. The fraction of sp³-hybridized carbons (Fsp3) is 0.417. The summed E-state index contributed by atoms with van der Waals surface area (Å²) in [5.74, 6) is 0.147. The van der Waals surface area contributed by atoms with Gasteiger partial charge in [0.25, 0.3) is 6.13 Å². The molecule has 2 aliphatic rings. The Kier molecular flexibility index (Phi) is 3.69. The molecule has 1 aliphatic carbocycles. The smallest absolute Gasteiger partial charge is 0.283 e. The van der Waals surface area contributed by atoms with E-state index in [1.807, 2.05) is 15.7 Å². The van der Waals surface area contributed by atoms with Gasteiger partial charge in [0.05, 0.1) is 5.54 Å². The van der Waals surface area contributed by atoms with Crippen LogP contribution in [0.5, 0.6) is 0 Å². The van der Waals surface area contributed by atoms with Crippen molar-refractivity contribution in [1.29, 1.82) is 0 Å². The van der Waals surface area contributed by atoms with Crippen molar-refractivity contribution >= 4 is 106 Å². The molecule has 1 heterocycles. The van der Waals surface area contributed by atoms with E-state index in [4.69, 9.17) is 17.2 Å². The Morgan fingerprint density at radius 2 is 1.48 bits per heavy atom. The Bertz CT molecular complexity index is 755. The number of benzene rings is 1. The third kappa shape index (κ3) is 1.83. The predicted molar refractivity (Wildman–Crippen MR) is 122 cm³/mol. The van der Waals surface area contributed by atoms with E-state index in [1.54, 1.807) is 0 Å². The second kappa shape index (κ2) is 4.85. The first-order chi connectivity index (χ1) is 10.4. The number of carbonyl (C=O) groups excluding carboxylic acids is 1. The van der Waals surface area contributed by atoms with Crippen molar-refractivity contribution in [3.8, 4) is 0 Å². The summed E-state index contributed by atoms with van der Waals surface area (Å²) in [6.45, 7) is 0. The quantitative estimate of drug-likeness (QED) is 0.483. The summed E-state index contributed by atoms with van der Waals surface area (Å²) in [7, 11) is 14.6. The number of fused-ring (bicyclic) bond motifs is 3. The van der Waals surface area contributed by atoms with E-state index >= 15 is 0 Å². The SMILES string of the molecule is Bc1c(B)c(B)c2c(c1B)B(Cl)C1(B)CCC(B)(B)C(=O)C21N. The molecule has 11 heteroatoms. The van der Waals surface area contributed by atoms with Crippen molar-refractivity contribution in [3.05, 3.63) is 5.56 Å². The van der Waals surface area contributed by atoms with Gasteiger partial charge in [-0.1, -0.05) is 29.2 Å². The standard InChI is InChI=1S/C12H20B8ClNO/c13-4-3-8(7(16)6(15)5(4)14)20(21)11(19)2-1-10(17,18)9(23)12(3,11)22/h1-2,13-19,22H2. The number of hydrogen-bond acceptors (Lipinski definition) is 2. The van der Waals surface area contributed by atoms with E-state index in [9.17, 15) is 4.79 Å². The molecule has 1 aromatic carbocycles. The van der Waals surface area contributed by atoms with Gasteiger partial charge in [-0.15, -0.1) is 10.9 Å². The number of ketones is 1. The Balaban J connectivity index is 2.44. The summed E-state index contributed by atoms with van der Waals surface area (Å²) in [6.07, 6.45) is 1.51. The maximum atomic E-state index is 13.4. The summed E-state index contributed by atoms with van der Waals surface area (Å²) in [6, 6.07) is 0. The van der Waals surface area contributed by atoms with E-state index in [1.165, 1.54) is 16.4 Å². The molecule has 0 saturated heterocycles. The largest absolute Gasteiger partial charge is 0.316 e. The first-order valence-corrected chi connectivity index (χ1v) is 8.93. The lowest BCUT2D eigenvalue weighted by molar-refractivity contribution is -0.128. The lowest BCUT2D eigenvalue weighted by atomic mass is 9.29. The Morgan fingerprint density at radius 1 is 0.957 bits per heavy atom. The molecule has 1 saturated carbocycles. The fourth-order valence-corrected chi connectivity index (χ4v) is 5.44. The Labute approximate surface area is 150 Å². The summed E-state index contributed by atoms with van der Waals surface area (Å²) in [5, 5.41) is -0.815. The number of rotatable bonds is 0. The molecule has 2 N–H and O–H groups in total. The molecule has 0 amide bonds. The molecule has 3 rings (SSSR count). The summed E-state index contributed by atoms with van der Waals surface area (Å²) in [4.78, 5) is 13.4. The van der Waals surface area contributed by atoms with Crippen LogP contribution in [0, 0.1) is 0 Å². The van der Waals surface area contributed by atoms with Crippen LogP contribution in [0.1, 0.15) is 18.4 Å². The summed E-state index contributed by atoms with van der Waals surface area (Å²) in [5.41, 5.74) is 13.0. The highest BCUT2D eigenvalue weighted by Crippen LogP contribution is 2.60. The van der Waals surface area contributed by atoms with Gasteiger partial charge in [-0.05, 0) is 16.0 Å². The molecular formula is C12H20B8ClNO. The topological polar surface area (TPSA) is 43.1 Å². The van der Waals surface area contributed by atoms with Gasteiger partial charge in [0.1, 0.15) is 60.7 Å². The van der Waals surface area contributed by atoms with Crippen LogP contribution in [0.25, 0.3) is 0 Å². The van der Waals surface area contributed by atoms with Gasteiger partial charge in [-0.3, -0.25) is 4.79 Å². The van der Waals surface area contributed by atoms with E-state index in [2.05, 4.69) is 39.2 Å². The molecule has 0 radical (unpaired) electrons. The van der Waals surface area contributed by atoms with Gasteiger partial charge < -0.3 is 5.73 Å². The van der Waals surface area contributed by atoms with Crippen molar-refractivity contribution in [1.82, 2.24) is 0 Å². The molecule has 0 bridgehead atoms. The van der Waals surface area contributed by atoms with Gasteiger partial charge in [-0.2, -0.15) is 11.5 Å². The van der Waals surface area contributed by atoms with Gasteiger partial charge in [-0.25, -0.2) is 0 Å². The molecule has 1 aromatic rings. The zero-order valence-electron chi connectivity index (χ0n) is 15.4. The summed E-state index contributed by atoms with van der Waals surface area (Å²) >= 11 is 6.97. The molecule has 23 heavy (non-hydrogen) atoms. The molecule has 2 nitrogen and oxygen atoms in total. The highest BCUT2D eigenvalue weighted by Gasteiger charge is 2.67. The van der Waals surface area contributed by atoms with Crippen LogP contribution in [0.15, 0.2) is 0 Å². The first kappa shape index (κ1) is 17.5. The molecule has 0 spiro atoms. The molecule has 2 unspecified atom stereocenters. The zero-order valence-corrected chi connectivity index (χ0v) is 16.1. The zero-order chi connectivity index (χ0) is 17.5. The molecule has 110 valence electrons. The average Bonchev–Trinajstić information content (AvgIpc) is 2.67. The monoisotopic (exact) mass is 317 g/mol. The van der Waals surface area contributed by atoms with Gasteiger partial charge in [0, 0.05) is 0 Å². The average molecular weight is 316 g/mol. The fourth-order valence-electron chi connectivity index (χ4n) is 4.89. The van der Waals surface area contributed by atoms with Gasteiger partial charge >= 0.3 is 0 Å². The van der Waals surface area contributed by atoms with E-state index in [-0.39, 0.29) is 11.9 Å². The Morgan fingerprint density at radius 3 is 2.04 bits per heavy atom. The van der Waals surface area contributed by atoms with Gasteiger partial charge in [0.15, 0.2) is 0 Å². The van der Waals surface area contributed by atoms with Crippen molar-refractivity contribution < 1.29 is 4.79 Å². The predicted octanol–water partition coefficient (Wildman–Crippen LogP) is -8.60. The molecular weight excluding hydrogens is 296 g/mol. The second-order valence-corrected chi connectivity index (χ2v) is 9.03. The minimum atomic E-state index is -0.982. The lowest BCUT2D eigenvalue weighted by Gasteiger charge is -2.51. The van der Waals surface area contributed by atoms with Crippen molar-refractivity contribution in [3.63, 3.8) is 0 Å². The van der Waals surface area contributed by atoms with E-state index < -0.39 is 16.0 Å². The number of hydrogen-bond donors (Lipinski definition) is 1. The maximum absolute atomic E-state index is 13.4. The highest BCUT2D eigenvalue weighted by atomic mass is 35.5. The van der Waals surface area contributed by atoms with Crippen molar-refractivity contribution in [2.45, 2.75) is 28.8 Å². The van der Waals surface area contributed by atoms with Crippen LogP contribution in [0.4, 0.5) is 0 Å². The van der Waals surface area contributed by atoms with Crippen molar-refractivity contribution in [2.75, 3.05) is 0 Å². The normalized spacial score (nSPS) is 31.7. The number of nitrogens with two attached hydrogens (primary N) is 1. The first-order valence-electron chi connectivity index (χ1n) is 8.50. The van der Waals surface area contributed by atoms with Crippen LogP contribution >= 0.6 is 11.5 Å². The molecule has 2 atom stereocenters. The summed E-state index contributed by atoms with van der Waals surface area (Å²) < 4.78 is 0. The number of halogens is 1. The molecule has 0 aromatic heterocycles. The maximum Gasteiger partial charge on any atom is 0.283 e. The Hall–Kier alpha value is -0.341.